The van der Waals surface area contributed by atoms with Crippen LogP contribution in [0.3, 0.4) is 0 Å². The summed E-state index contributed by atoms with van der Waals surface area (Å²) in [5.41, 5.74) is 5.78. The first-order chi connectivity index (χ1) is 14.2. The van der Waals surface area contributed by atoms with Gasteiger partial charge in [-0.15, -0.1) is 0 Å². The lowest BCUT2D eigenvalue weighted by Gasteiger charge is -2.15. The van der Waals surface area contributed by atoms with E-state index in [0.29, 0.717) is 13.0 Å². The predicted molar refractivity (Wildman–Crippen MR) is 115 cm³/mol. The Morgan fingerprint density at radius 3 is 2.48 bits per heavy atom. The van der Waals surface area contributed by atoms with Crippen molar-refractivity contribution in [1.82, 2.24) is 4.98 Å². The summed E-state index contributed by atoms with van der Waals surface area (Å²) in [5.74, 6) is 1.45. The topological polar surface area (TPSA) is 40.0 Å². The van der Waals surface area contributed by atoms with Crippen LogP contribution in [-0.4, -0.2) is 17.4 Å². The van der Waals surface area contributed by atoms with Gasteiger partial charge in [-0.2, -0.15) is 0 Å². The summed E-state index contributed by atoms with van der Waals surface area (Å²) >= 11 is 0. The van der Waals surface area contributed by atoms with Gasteiger partial charge in [-0.1, -0.05) is 60.2 Å². The number of H-pyrrole nitrogens is 1. The molecule has 0 radical (unpaired) electrons. The molecule has 1 N–H and O–H groups in total. The number of aromatic nitrogens is 2. The lowest BCUT2D eigenvalue weighted by atomic mass is 10.1. The zero-order chi connectivity index (χ0) is 19.8. The van der Waals surface area contributed by atoms with Crippen LogP contribution in [0.4, 0.5) is 5.69 Å². The second kappa shape index (κ2) is 7.21. The molecule has 2 heterocycles. The molecule has 1 aliphatic heterocycles. The van der Waals surface area contributed by atoms with Crippen molar-refractivity contribution in [3.63, 3.8) is 0 Å². The molecule has 0 spiro atoms. The Bertz CT molecular complexity index is 1160. The molecule has 0 saturated carbocycles. The van der Waals surface area contributed by atoms with Gasteiger partial charge >= 0.3 is 0 Å². The van der Waals surface area contributed by atoms with Gasteiger partial charge in [-0.3, -0.25) is 4.79 Å². The largest absolute Gasteiger partial charge is 0.311 e. The molecule has 3 aromatic carbocycles. The average Bonchev–Trinajstić information content (AvgIpc) is 3.31. The van der Waals surface area contributed by atoms with Crippen LogP contribution >= 0.6 is 0 Å². The van der Waals surface area contributed by atoms with Gasteiger partial charge < -0.3 is 4.90 Å². The fourth-order valence-corrected chi connectivity index (χ4v) is 4.27. The number of aryl methyl sites for hydroxylation is 1. The third-order valence-electron chi connectivity index (χ3n) is 5.79. The molecule has 144 valence electrons. The van der Waals surface area contributed by atoms with E-state index in [1.165, 1.54) is 16.6 Å². The van der Waals surface area contributed by atoms with Crippen LogP contribution in [0.5, 0.6) is 0 Å². The molecular formula is C25H24N3O+. The number of para-hydroxylation sites is 3. The molecule has 1 aliphatic rings. The highest BCUT2D eigenvalue weighted by Crippen LogP contribution is 2.31. The van der Waals surface area contributed by atoms with Gasteiger partial charge in [-0.25, -0.2) is 9.55 Å². The number of carbonyl (C=O) groups excluding carboxylic acids is 1. The summed E-state index contributed by atoms with van der Waals surface area (Å²) in [4.78, 5) is 18.3. The number of hydrogen-bond donors (Lipinski definition) is 1. The molecule has 1 amide bonds. The number of hydrogen-bond acceptors (Lipinski definition) is 1. The fourth-order valence-electron chi connectivity index (χ4n) is 4.27. The Morgan fingerprint density at radius 2 is 1.69 bits per heavy atom. The van der Waals surface area contributed by atoms with Crippen LogP contribution in [0.1, 0.15) is 29.3 Å². The van der Waals surface area contributed by atoms with E-state index in [0.717, 1.165) is 23.6 Å². The molecule has 0 aliphatic carbocycles. The lowest BCUT2D eigenvalue weighted by Crippen LogP contribution is -2.39. The van der Waals surface area contributed by atoms with Crippen LogP contribution in [0.25, 0.3) is 11.0 Å². The molecule has 1 unspecified atom stereocenters. The van der Waals surface area contributed by atoms with Gasteiger partial charge in [0.25, 0.3) is 5.82 Å². The number of benzene rings is 3. The average molecular weight is 382 g/mol. The van der Waals surface area contributed by atoms with E-state index in [2.05, 4.69) is 65.0 Å². The summed E-state index contributed by atoms with van der Waals surface area (Å²) in [6.07, 6.45) is 0.523. The monoisotopic (exact) mass is 382 g/mol. The van der Waals surface area contributed by atoms with Crippen molar-refractivity contribution in [2.75, 3.05) is 11.4 Å². The fraction of sp³-hybridized carbons (Fsp3) is 0.200. The van der Waals surface area contributed by atoms with E-state index in [9.17, 15) is 4.79 Å². The van der Waals surface area contributed by atoms with E-state index in [-0.39, 0.29) is 11.8 Å². The predicted octanol–water partition coefficient (Wildman–Crippen LogP) is 4.33. The molecule has 1 atom stereocenters. The van der Waals surface area contributed by atoms with E-state index in [4.69, 9.17) is 0 Å². The first kappa shape index (κ1) is 17.7. The summed E-state index contributed by atoms with van der Waals surface area (Å²) in [6.45, 7) is 3.59. The maximum absolute atomic E-state index is 12.8. The third-order valence-corrected chi connectivity index (χ3v) is 5.79. The highest BCUT2D eigenvalue weighted by Gasteiger charge is 2.38. The Hall–Kier alpha value is -3.40. The minimum Gasteiger partial charge on any atom is -0.311 e. The van der Waals surface area contributed by atoms with Crippen LogP contribution in [0, 0.1) is 6.92 Å². The number of fused-ring (bicyclic) bond motifs is 1. The van der Waals surface area contributed by atoms with Crippen LogP contribution in [-0.2, 0) is 11.3 Å². The number of aromatic amines is 1. The van der Waals surface area contributed by atoms with Crippen molar-refractivity contribution in [2.45, 2.75) is 25.8 Å². The van der Waals surface area contributed by atoms with Crippen molar-refractivity contribution in [3.8, 4) is 0 Å². The first-order valence-electron chi connectivity index (χ1n) is 10.1. The van der Waals surface area contributed by atoms with Gasteiger partial charge in [0.05, 0.1) is 5.92 Å². The first-order valence-corrected chi connectivity index (χ1v) is 10.1. The summed E-state index contributed by atoms with van der Waals surface area (Å²) in [6, 6.07) is 27.0. The van der Waals surface area contributed by atoms with Crippen LogP contribution in [0.2, 0.25) is 0 Å². The minimum absolute atomic E-state index is 0.139. The Labute approximate surface area is 170 Å². The zero-order valence-electron chi connectivity index (χ0n) is 16.5. The SMILES string of the molecule is Cc1ccc(C[n+]2c(C3CC(=O)N(c4ccccc4)C3)[nH]c3ccccc32)cc1. The number of imidazole rings is 1. The van der Waals surface area contributed by atoms with Crippen molar-refractivity contribution >= 4 is 22.6 Å². The van der Waals surface area contributed by atoms with Gasteiger partial charge in [0.15, 0.2) is 11.0 Å². The molecule has 29 heavy (non-hydrogen) atoms. The number of anilines is 1. The summed E-state index contributed by atoms with van der Waals surface area (Å²) < 4.78 is 2.34. The number of nitrogens with zero attached hydrogens (tertiary/aromatic N) is 2. The number of amides is 1. The second-order valence-electron chi connectivity index (χ2n) is 7.84. The quantitative estimate of drug-likeness (QED) is 0.524. The molecule has 5 rings (SSSR count). The highest BCUT2D eigenvalue weighted by molar-refractivity contribution is 5.96. The maximum Gasteiger partial charge on any atom is 0.260 e. The van der Waals surface area contributed by atoms with E-state index in [1.54, 1.807) is 0 Å². The van der Waals surface area contributed by atoms with Gasteiger partial charge in [-0.05, 0) is 36.8 Å². The number of carbonyl (C=O) groups is 1. The molecule has 1 fully saturated rings. The maximum atomic E-state index is 12.8. The standard InChI is InChI=1S/C25H23N3O/c1-18-11-13-19(14-12-18)16-28-23-10-6-5-9-22(23)26-25(28)20-15-24(29)27(17-20)21-7-3-2-4-8-21/h2-14,20H,15-17H2,1H3/p+1. The zero-order valence-corrected chi connectivity index (χ0v) is 16.5. The molecule has 4 heteroatoms. The van der Waals surface area contributed by atoms with E-state index in [1.807, 2.05) is 35.2 Å². The second-order valence-corrected chi connectivity index (χ2v) is 7.84. The van der Waals surface area contributed by atoms with Gasteiger partial charge in [0.1, 0.15) is 6.54 Å². The van der Waals surface area contributed by atoms with Crippen molar-refractivity contribution in [3.05, 3.63) is 95.8 Å². The van der Waals surface area contributed by atoms with E-state index >= 15 is 0 Å². The molecule has 1 saturated heterocycles. The van der Waals surface area contributed by atoms with Gasteiger partial charge in [0.2, 0.25) is 5.91 Å². The Balaban J connectivity index is 1.53. The Morgan fingerprint density at radius 1 is 0.966 bits per heavy atom. The molecule has 4 nitrogen and oxygen atoms in total. The number of nitrogens with one attached hydrogen (secondary N) is 1. The molecule has 0 bridgehead atoms. The van der Waals surface area contributed by atoms with Crippen molar-refractivity contribution < 1.29 is 9.36 Å². The summed E-state index contributed by atoms with van der Waals surface area (Å²) in [5, 5.41) is 0. The smallest absolute Gasteiger partial charge is 0.260 e. The van der Waals surface area contributed by atoms with E-state index < -0.39 is 0 Å². The normalized spacial score (nSPS) is 16.7. The van der Waals surface area contributed by atoms with Crippen LogP contribution in [0.15, 0.2) is 78.9 Å². The Kier molecular flexibility index (Phi) is 4.39. The molecular weight excluding hydrogens is 358 g/mol. The summed E-state index contributed by atoms with van der Waals surface area (Å²) in [7, 11) is 0. The van der Waals surface area contributed by atoms with Crippen LogP contribution < -0.4 is 9.47 Å². The van der Waals surface area contributed by atoms with Crippen molar-refractivity contribution in [2.24, 2.45) is 0 Å². The third kappa shape index (κ3) is 3.31. The number of rotatable bonds is 4. The molecule has 1 aromatic heterocycles. The van der Waals surface area contributed by atoms with Crippen molar-refractivity contribution in [1.29, 1.82) is 0 Å². The minimum atomic E-state index is 0.139. The van der Waals surface area contributed by atoms with Gasteiger partial charge in [0, 0.05) is 18.7 Å². The lowest BCUT2D eigenvalue weighted by molar-refractivity contribution is -0.671. The molecule has 4 aromatic rings. The highest BCUT2D eigenvalue weighted by atomic mass is 16.2.